The SMILES string of the molecule is COc1ccc2c(c1)C(NC1CC1)CC(C)S2. The Morgan fingerprint density at radius 3 is 2.88 bits per heavy atom. The molecule has 1 saturated carbocycles. The van der Waals surface area contributed by atoms with E-state index in [1.165, 1.54) is 29.7 Å². The molecule has 2 atom stereocenters. The molecule has 0 amide bonds. The predicted octanol–water partition coefficient (Wildman–Crippen LogP) is 3.37. The zero-order chi connectivity index (χ0) is 11.8. The van der Waals surface area contributed by atoms with Gasteiger partial charge in [0.2, 0.25) is 0 Å². The summed E-state index contributed by atoms with van der Waals surface area (Å²) in [6.07, 6.45) is 3.91. The number of hydrogen-bond acceptors (Lipinski definition) is 3. The molecule has 0 spiro atoms. The monoisotopic (exact) mass is 249 g/mol. The Bertz CT molecular complexity index is 417. The largest absolute Gasteiger partial charge is 0.497 e. The zero-order valence-electron chi connectivity index (χ0n) is 10.4. The van der Waals surface area contributed by atoms with Gasteiger partial charge in [0.25, 0.3) is 0 Å². The number of rotatable bonds is 3. The summed E-state index contributed by atoms with van der Waals surface area (Å²) in [7, 11) is 1.74. The molecule has 1 N–H and O–H groups in total. The molecule has 1 heterocycles. The van der Waals surface area contributed by atoms with Crippen LogP contribution in [-0.4, -0.2) is 18.4 Å². The fourth-order valence-electron chi connectivity index (χ4n) is 2.45. The summed E-state index contributed by atoms with van der Waals surface area (Å²) in [6, 6.07) is 7.75. The van der Waals surface area contributed by atoms with Crippen molar-refractivity contribution in [1.82, 2.24) is 5.32 Å². The minimum atomic E-state index is 0.517. The van der Waals surface area contributed by atoms with Crippen LogP contribution in [0.1, 0.15) is 37.8 Å². The van der Waals surface area contributed by atoms with Crippen LogP contribution in [-0.2, 0) is 0 Å². The average Bonchev–Trinajstić information content (AvgIpc) is 3.12. The standard InChI is InChI=1S/C14H19NOS/c1-9-7-13(15-10-3-4-10)12-8-11(16-2)5-6-14(12)17-9/h5-6,8-10,13,15H,3-4,7H2,1-2H3. The normalized spacial score (nSPS) is 27.6. The molecule has 1 aromatic rings. The Morgan fingerprint density at radius 2 is 2.18 bits per heavy atom. The summed E-state index contributed by atoms with van der Waals surface area (Å²) >= 11 is 1.99. The molecule has 92 valence electrons. The predicted molar refractivity (Wildman–Crippen MR) is 71.8 cm³/mol. The maximum Gasteiger partial charge on any atom is 0.119 e. The molecule has 3 heteroatoms. The van der Waals surface area contributed by atoms with E-state index >= 15 is 0 Å². The number of fused-ring (bicyclic) bond motifs is 1. The number of ether oxygens (including phenoxy) is 1. The molecule has 1 aromatic carbocycles. The molecule has 0 saturated heterocycles. The molecule has 1 aliphatic carbocycles. The second-order valence-electron chi connectivity index (χ2n) is 5.06. The Kier molecular flexibility index (Phi) is 3.05. The van der Waals surface area contributed by atoms with E-state index in [2.05, 4.69) is 30.4 Å². The molecule has 0 bridgehead atoms. The van der Waals surface area contributed by atoms with Gasteiger partial charge in [-0.2, -0.15) is 0 Å². The molecule has 1 fully saturated rings. The van der Waals surface area contributed by atoms with Crippen LogP contribution in [0.15, 0.2) is 23.1 Å². The van der Waals surface area contributed by atoms with Crippen LogP contribution in [0.3, 0.4) is 0 Å². The summed E-state index contributed by atoms with van der Waals surface area (Å²) in [6.45, 7) is 2.32. The van der Waals surface area contributed by atoms with Gasteiger partial charge in [-0.3, -0.25) is 0 Å². The van der Waals surface area contributed by atoms with E-state index in [1.807, 2.05) is 11.8 Å². The molecule has 0 radical (unpaired) electrons. The van der Waals surface area contributed by atoms with Crippen LogP contribution in [0.25, 0.3) is 0 Å². The minimum absolute atomic E-state index is 0.517. The first kappa shape index (κ1) is 11.4. The van der Waals surface area contributed by atoms with E-state index in [0.29, 0.717) is 11.3 Å². The lowest BCUT2D eigenvalue weighted by Gasteiger charge is -2.30. The van der Waals surface area contributed by atoms with Crippen molar-refractivity contribution in [3.8, 4) is 5.75 Å². The van der Waals surface area contributed by atoms with E-state index < -0.39 is 0 Å². The van der Waals surface area contributed by atoms with Gasteiger partial charge >= 0.3 is 0 Å². The van der Waals surface area contributed by atoms with Gasteiger partial charge in [-0.1, -0.05) is 6.92 Å². The van der Waals surface area contributed by atoms with Crippen LogP contribution in [0, 0.1) is 0 Å². The van der Waals surface area contributed by atoms with E-state index in [1.54, 1.807) is 7.11 Å². The summed E-state index contributed by atoms with van der Waals surface area (Å²) in [5.74, 6) is 0.974. The fraction of sp³-hybridized carbons (Fsp3) is 0.571. The number of benzene rings is 1. The number of methoxy groups -OCH3 is 1. The van der Waals surface area contributed by atoms with Crippen molar-refractivity contribution in [3.63, 3.8) is 0 Å². The molecule has 2 nitrogen and oxygen atoms in total. The average molecular weight is 249 g/mol. The minimum Gasteiger partial charge on any atom is -0.497 e. The van der Waals surface area contributed by atoms with Gasteiger partial charge in [-0.05, 0) is 43.0 Å². The lowest BCUT2D eigenvalue weighted by Crippen LogP contribution is -2.28. The van der Waals surface area contributed by atoms with Gasteiger partial charge in [0.15, 0.2) is 0 Å². The van der Waals surface area contributed by atoms with Crippen molar-refractivity contribution in [2.24, 2.45) is 0 Å². The smallest absolute Gasteiger partial charge is 0.119 e. The maximum absolute atomic E-state index is 5.34. The highest BCUT2D eigenvalue weighted by atomic mass is 32.2. The van der Waals surface area contributed by atoms with Crippen LogP contribution in [0.4, 0.5) is 0 Å². The van der Waals surface area contributed by atoms with Gasteiger partial charge < -0.3 is 10.1 Å². The summed E-state index contributed by atoms with van der Waals surface area (Å²) < 4.78 is 5.34. The third-order valence-electron chi connectivity index (χ3n) is 3.50. The van der Waals surface area contributed by atoms with Crippen LogP contribution in [0.2, 0.25) is 0 Å². The molecular formula is C14H19NOS. The highest BCUT2D eigenvalue weighted by Gasteiger charge is 2.30. The molecular weight excluding hydrogens is 230 g/mol. The van der Waals surface area contributed by atoms with Crippen molar-refractivity contribution in [3.05, 3.63) is 23.8 Å². The lowest BCUT2D eigenvalue weighted by molar-refractivity contribution is 0.410. The quantitative estimate of drug-likeness (QED) is 0.887. The number of hydrogen-bond donors (Lipinski definition) is 1. The third-order valence-corrected chi connectivity index (χ3v) is 4.72. The molecule has 2 aliphatic rings. The number of thioether (sulfide) groups is 1. The summed E-state index contributed by atoms with van der Waals surface area (Å²) in [4.78, 5) is 1.42. The Morgan fingerprint density at radius 1 is 1.35 bits per heavy atom. The molecule has 17 heavy (non-hydrogen) atoms. The van der Waals surface area contributed by atoms with Gasteiger partial charge in [0.1, 0.15) is 5.75 Å². The van der Waals surface area contributed by atoms with Crippen LogP contribution >= 0.6 is 11.8 Å². The van der Waals surface area contributed by atoms with Crippen LogP contribution in [0.5, 0.6) is 5.75 Å². The maximum atomic E-state index is 5.34. The number of nitrogens with one attached hydrogen (secondary N) is 1. The Hall–Kier alpha value is -0.670. The van der Waals surface area contributed by atoms with E-state index in [0.717, 1.165) is 11.8 Å². The highest BCUT2D eigenvalue weighted by Crippen LogP contribution is 2.43. The van der Waals surface area contributed by atoms with Crippen molar-refractivity contribution >= 4 is 11.8 Å². The van der Waals surface area contributed by atoms with E-state index in [-0.39, 0.29) is 0 Å². The second-order valence-corrected chi connectivity index (χ2v) is 6.54. The van der Waals surface area contributed by atoms with Crippen molar-refractivity contribution in [1.29, 1.82) is 0 Å². The van der Waals surface area contributed by atoms with Crippen LogP contribution < -0.4 is 10.1 Å². The van der Waals surface area contributed by atoms with Gasteiger partial charge in [-0.15, -0.1) is 11.8 Å². The van der Waals surface area contributed by atoms with E-state index in [4.69, 9.17) is 4.74 Å². The first-order chi connectivity index (χ1) is 8.26. The molecule has 2 unspecified atom stereocenters. The summed E-state index contributed by atoms with van der Waals surface area (Å²) in [5.41, 5.74) is 1.43. The van der Waals surface area contributed by atoms with Crippen molar-refractivity contribution in [2.45, 2.75) is 48.4 Å². The molecule has 3 rings (SSSR count). The van der Waals surface area contributed by atoms with Crippen molar-refractivity contribution in [2.75, 3.05) is 7.11 Å². The summed E-state index contributed by atoms with van der Waals surface area (Å²) in [5, 5.41) is 4.46. The molecule has 0 aromatic heterocycles. The second kappa shape index (κ2) is 4.54. The van der Waals surface area contributed by atoms with Gasteiger partial charge in [0.05, 0.1) is 7.11 Å². The lowest BCUT2D eigenvalue weighted by atomic mass is 10.0. The van der Waals surface area contributed by atoms with E-state index in [9.17, 15) is 0 Å². The third kappa shape index (κ3) is 2.45. The van der Waals surface area contributed by atoms with Gasteiger partial charge in [-0.25, -0.2) is 0 Å². The molecule has 1 aliphatic heterocycles. The first-order valence-corrected chi connectivity index (χ1v) is 7.25. The Labute approximate surface area is 107 Å². The van der Waals surface area contributed by atoms with Crippen molar-refractivity contribution < 1.29 is 4.74 Å². The topological polar surface area (TPSA) is 21.3 Å². The zero-order valence-corrected chi connectivity index (χ0v) is 11.2. The Balaban J connectivity index is 1.90. The van der Waals surface area contributed by atoms with Gasteiger partial charge in [0, 0.05) is 22.2 Å². The first-order valence-electron chi connectivity index (χ1n) is 6.37. The fourth-order valence-corrected chi connectivity index (χ4v) is 3.66. The highest BCUT2D eigenvalue weighted by molar-refractivity contribution is 8.00.